The Bertz CT molecular complexity index is 240. The molecule has 0 saturated carbocycles. The third-order valence-corrected chi connectivity index (χ3v) is 1.74. The van der Waals surface area contributed by atoms with Crippen LogP contribution in [0, 0.1) is 6.92 Å². The van der Waals surface area contributed by atoms with Crippen LogP contribution in [-0.4, -0.2) is 4.89 Å². The molecule has 1 rings (SSSR count). The van der Waals surface area contributed by atoms with Crippen LogP contribution in [0.1, 0.15) is 5.56 Å². The van der Waals surface area contributed by atoms with E-state index in [9.17, 15) is 0 Å². The van der Waals surface area contributed by atoms with Gasteiger partial charge < -0.3 is 9.42 Å². The smallest absolute Gasteiger partial charge is 0.335 e. The summed E-state index contributed by atoms with van der Waals surface area (Å²) >= 11 is 5.26. The van der Waals surface area contributed by atoms with Crippen LogP contribution in [0.2, 0.25) is 0 Å². The zero-order valence-corrected chi connectivity index (χ0v) is 7.64. The Morgan fingerprint density at radius 3 is 2.82 bits per heavy atom. The third-order valence-electron chi connectivity index (χ3n) is 1.17. The van der Waals surface area contributed by atoms with Crippen molar-refractivity contribution in [2.24, 2.45) is 0 Å². The van der Waals surface area contributed by atoms with E-state index >= 15 is 0 Å². The minimum absolute atomic E-state index is 0.605. The predicted octanol–water partition coefficient (Wildman–Crippen LogP) is 2.83. The topological polar surface area (TPSA) is 29.5 Å². The van der Waals surface area contributed by atoms with Crippen molar-refractivity contribution in [3.63, 3.8) is 0 Å². The quantitative estimate of drug-likeness (QED) is 0.727. The van der Waals surface area contributed by atoms with Crippen LogP contribution in [0.4, 0.5) is 0 Å². The van der Waals surface area contributed by atoms with Crippen molar-refractivity contribution in [1.82, 2.24) is 0 Å². The minimum Gasteiger partial charge on any atom is -0.436 e. The Morgan fingerprint density at radius 1 is 1.55 bits per heavy atom. The van der Waals surface area contributed by atoms with Gasteiger partial charge in [0.15, 0.2) is 0 Å². The van der Waals surface area contributed by atoms with E-state index in [1.165, 1.54) is 0 Å². The number of halogens is 1. The summed E-state index contributed by atoms with van der Waals surface area (Å²) in [6.07, 6.45) is 0. The van der Waals surface area contributed by atoms with E-state index in [4.69, 9.17) is 20.7 Å². The van der Waals surface area contributed by atoms with Crippen LogP contribution < -0.4 is 4.52 Å². The summed E-state index contributed by atoms with van der Waals surface area (Å²) in [5.74, 6) is 0.605. The van der Waals surface area contributed by atoms with Gasteiger partial charge in [-0.2, -0.15) is 0 Å². The van der Waals surface area contributed by atoms with Crippen LogP contribution >= 0.6 is 19.0 Å². The van der Waals surface area contributed by atoms with Crippen molar-refractivity contribution < 1.29 is 9.42 Å². The molecule has 0 heterocycles. The molecule has 11 heavy (non-hydrogen) atoms. The SMILES string of the molecule is Cc1cccc(OP(O)Cl)c1. The number of hydrogen-bond acceptors (Lipinski definition) is 2. The Hall–Kier alpha value is -0.300. The average molecular weight is 191 g/mol. The highest BCUT2D eigenvalue weighted by Crippen LogP contribution is 2.38. The normalized spacial score (nSPS) is 12.6. The van der Waals surface area contributed by atoms with Crippen LogP contribution in [0.15, 0.2) is 24.3 Å². The molecular weight excluding hydrogens is 183 g/mol. The lowest BCUT2D eigenvalue weighted by molar-refractivity contribution is 0.506. The number of benzene rings is 1. The summed E-state index contributed by atoms with van der Waals surface area (Å²) in [5.41, 5.74) is 1.08. The highest BCUT2D eigenvalue weighted by Gasteiger charge is 2.00. The molecule has 2 nitrogen and oxygen atoms in total. The molecule has 1 N–H and O–H groups in total. The maximum absolute atomic E-state index is 8.70. The number of aryl methyl sites for hydroxylation is 1. The molecule has 60 valence electrons. The first-order chi connectivity index (χ1) is 5.18. The molecule has 0 bridgehead atoms. The summed E-state index contributed by atoms with van der Waals surface area (Å²) in [7, 11) is -1.82. The zero-order valence-electron chi connectivity index (χ0n) is 5.99. The van der Waals surface area contributed by atoms with Crippen LogP contribution in [0.3, 0.4) is 0 Å². The fraction of sp³-hybridized carbons (Fsp3) is 0.143. The van der Waals surface area contributed by atoms with E-state index in [-0.39, 0.29) is 0 Å². The summed E-state index contributed by atoms with van der Waals surface area (Å²) in [5, 5.41) is 0. The summed E-state index contributed by atoms with van der Waals surface area (Å²) < 4.78 is 4.88. The standard InChI is InChI=1S/C7H8ClO2P/c1-6-3-2-4-7(5-6)10-11(8)9/h2-5,9H,1H3. The molecule has 0 aromatic heterocycles. The summed E-state index contributed by atoms with van der Waals surface area (Å²) in [6.45, 7) is 1.95. The largest absolute Gasteiger partial charge is 0.436 e. The lowest BCUT2D eigenvalue weighted by Gasteiger charge is -2.04. The molecule has 1 aromatic carbocycles. The lowest BCUT2D eigenvalue weighted by Crippen LogP contribution is -1.81. The first-order valence-corrected chi connectivity index (χ1v) is 5.19. The molecule has 0 spiro atoms. The molecule has 1 atom stereocenters. The van der Waals surface area contributed by atoms with Crippen molar-refractivity contribution >= 4 is 19.0 Å². The van der Waals surface area contributed by atoms with Crippen molar-refractivity contribution in [3.05, 3.63) is 29.8 Å². The van der Waals surface area contributed by atoms with E-state index in [0.29, 0.717) is 5.75 Å². The monoisotopic (exact) mass is 190 g/mol. The van der Waals surface area contributed by atoms with E-state index in [0.717, 1.165) is 5.56 Å². The Balaban J connectivity index is 2.71. The second-order valence-corrected chi connectivity index (χ2v) is 3.64. The summed E-state index contributed by atoms with van der Waals surface area (Å²) in [6, 6.07) is 7.36. The maximum atomic E-state index is 8.70. The molecular formula is C7H8ClO2P. The molecule has 0 radical (unpaired) electrons. The maximum Gasteiger partial charge on any atom is 0.335 e. The van der Waals surface area contributed by atoms with Gasteiger partial charge in [-0.05, 0) is 35.9 Å². The van der Waals surface area contributed by atoms with Gasteiger partial charge in [0.2, 0.25) is 0 Å². The van der Waals surface area contributed by atoms with Gasteiger partial charge >= 0.3 is 7.73 Å². The first-order valence-electron chi connectivity index (χ1n) is 3.08. The summed E-state index contributed by atoms with van der Waals surface area (Å²) in [4.78, 5) is 8.70. The number of rotatable bonds is 2. The van der Waals surface area contributed by atoms with Gasteiger partial charge in [0.1, 0.15) is 5.75 Å². The molecule has 0 amide bonds. The fourth-order valence-corrected chi connectivity index (χ4v) is 1.29. The first kappa shape index (κ1) is 8.79. The van der Waals surface area contributed by atoms with Crippen LogP contribution in [0.25, 0.3) is 0 Å². The molecule has 1 aromatic rings. The fourth-order valence-electron chi connectivity index (χ4n) is 0.759. The van der Waals surface area contributed by atoms with E-state index in [2.05, 4.69) is 0 Å². The zero-order chi connectivity index (χ0) is 8.27. The van der Waals surface area contributed by atoms with Gasteiger partial charge in [-0.1, -0.05) is 12.1 Å². The van der Waals surface area contributed by atoms with E-state index in [1.807, 2.05) is 25.1 Å². The van der Waals surface area contributed by atoms with Gasteiger partial charge in [0.05, 0.1) is 0 Å². The molecule has 1 unspecified atom stereocenters. The second kappa shape index (κ2) is 3.91. The van der Waals surface area contributed by atoms with Crippen LogP contribution in [0.5, 0.6) is 5.75 Å². The van der Waals surface area contributed by atoms with Gasteiger partial charge in [0, 0.05) is 0 Å². The van der Waals surface area contributed by atoms with E-state index < -0.39 is 7.73 Å². The Labute approximate surface area is 71.5 Å². The molecule has 0 aliphatic rings. The molecule has 0 saturated heterocycles. The van der Waals surface area contributed by atoms with Crippen LogP contribution in [-0.2, 0) is 0 Å². The second-order valence-electron chi connectivity index (χ2n) is 2.13. The van der Waals surface area contributed by atoms with Gasteiger partial charge in [-0.3, -0.25) is 0 Å². The van der Waals surface area contributed by atoms with Gasteiger partial charge in [-0.15, -0.1) is 0 Å². The Morgan fingerprint density at radius 2 is 2.27 bits per heavy atom. The highest BCUT2D eigenvalue weighted by atomic mass is 35.7. The minimum atomic E-state index is -1.82. The predicted molar refractivity (Wildman–Crippen MR) is 46.8 cm³/mol. The lowest BCUT2D eigenvalue weighted by atomic mass is 10.2. The van der Waals surface area contributed by atoms with Crippen molar-refractivity contribution in [3.8, 4) is 5.75 Å². The van der Waals surface area contributed by atoms with E-state index in [1.54, 1.807) is 6.07 Å². The van der Waals surface area contributed by atoms with Crippen molar-refractivity contribution in [1.29, 1.82) is 0 Å². The van der Waals surface area contributed by atoms with Crippen molar-refractivity contribution in [2.45, 2.75) is 6.92 Å². The molecule has 0 aliphatic heterocycles. The van der Waals surface area contributed by atoms with Gasteiger partial charge in [0.25, 0.3) is 0 Å². The van der Waals surface area contributed by atoms with Crippen molar-refractivity contribution in [2.75, 3.05) is 0 Å². The highest BCUT2D eigenvalue weighted by molar-refractivity contribution is 7.75. The Kier molecular flexibility index (Phi) is 3.13. The molecule has 4 heteroatoms. The number of hydrogen-bond donors (Lipinski definition) is 1. The molecule has 0 fully saturated rings. The average Bonchev–Trinajstić information content (AvgIpc) is 1.85. The van der Waals surface area contributed by atoms with Gasteiger partial charge in [-0.25, -0.2) is 0 Å². The third kappa shape index (κ3) is 3.06. The molecule has 0 aliphatic carbocycles.